The molecule has 114 valence electrons. The Bertz CT molecular complexity index is 744. The van der Waals surface area contributed by atoms with E-state index in [1.54, 1.807) is 19.1 Å². The van der Waals surface area contributed by atoms with Crippen LogP contribution in [-0.2, 0) is 5.60 Å². The van der Waals surface area contributed by atoms with E-state index >= 15 is 0 Å². The third-order valence-corrected chi connectivity index (χ3v) is 3.93. The van der Waals surface area contributed by atoms with Crippen LogP contribution in [0.2, 0.25) is 0 Å². The fourth-order valence-corrected chi connectivity index (χ4v) is 2.72. The minimum atomic E-state index is -1.14. The summed E-state index contributed by atoms with van der Waals surface area (Å²) in [7, 11) is 0. The average molecular weight is 318 g/mol. The van der Waals surface area contributed by atoms with Gasteiger partial charge in [0.05, 0.1) is 12.8 Å². The largest absolute Gasteiger partial charge is 0.461 e. The first kappa shape index (κ1) is 14.6. The van der Waals surface area contributed by atoms with Crippen molar-refractivity contribution in [3.8, 4) is 11.5 Å². The van der Waals surface area contributed by atoms with E-state index < -0.39 is 11.5 Å². The van der Waals surface area contributed by atoms with Gasteiger partial charge in [-0.1, -0.05) is 5.16 Å². The summed E-state index contributed by atoms with van der Waals surface area (Å²) in [4.78, 5) is 12.1. The summed E-state index contributed by atoms with van der Waals surface area (Å²) >= 11 is 1.49. The van der Waals surface area contributed by atoms with Gasteiger partial charge in [0.15, 0.2) is 11.5 Å². The second-order valence-electron chi connectivity index (χ2n) is 5.02. The maximum atomic E-state index is 12.1. The van der Waals surface area contributed by atoms with E-state index in [0.717, 1.165) is 5.56 Å². The van der Waals surface area contributed by atoms with Gasteiger partial charge in [-0.05, 0) is 41.4 Å². The molecule has 22 heavy (non-hydrogen) atoms. The van der Waals surface area contributed by atoms with E-state index in [-0.39, 0.29) is 12.2 Å². The Morgan fingerprint density at radius 2 is 2.32 bits per heavy atom. The third-order valence-electron chi connectivity index (χ3n) is 3.24. The first-order valence-corrected chi connectivity index (χ1v) is 7.54. The number of rotatable bonds is 5. The normalized spacial score (nSPS) is 13.7. The number of aliphatic hydroxyl groups is 1. The number of nitrogens with zero attached hydrogens (tertiary/aromatic N) is 1. The molecular weight excluding hydrogens is 304 g/mol. The van der Waals surface area contributed by atoms with Gasteiger partial charge < -0.3 is 19.4 Å². The van der Waals surface area contributed by atoms with Gasteiger partial charge in [-0.25, -0.2) is 0 Å². The zero-order valence-electron chi connectivity index (χ0n) is 11.8. The Balaban J connectivity index is 1.65. The van der Waals surface area contributed by atoms with Crippen molar-refractivity contribution in [1.29, 1.82) is 0 Å². The highest BCUT2D eigenvalue weighted by molar-refractivity contribution is 7.08. The van der Waals surface area contributed by atoms with E-state index in [0.29, 0.717) is 11.5 Å². The van der Waals surface area contributed by atoms with Gasteiger partial charge in [0, 0.05) is 6.07 Å². The van der Waals surface area contributed by atoms with Crippen LogP contribution in [0.1, 0.15) is 23.0 Å². The number of thiophene rings is 1. The van der Waals surface area contributed by atoms with Crippen molar-refractivity contribution in [2.24, 2.45) is 0 Å². The molecule has 0 spiro atoms. The summed E-state index contributed by atoms with van der Waals surface area (Å²) in [5, 5.41) is 20.4. The molecule has 0 radical (unpaired) electrons. The molecule has 0 aliphatic rings. The molecule has 0 fully saturated rings. The molecule has 1 unspecified atom stereocenters. The van der Waals surface area contributed by atoms with Crippen molar-refractivity contribution in [2.75, 3.05) is 6.54 Å². The maximum Gasteiger partial charge on any atom is 0.273 e. The fourth-order valence-electron chi connectivity index (χ4n) is 1.93. The van der Waals surface area contributed by atoms with E-state index in [1.807, 2.05) is 16.8 Å². The van der Waals surface area contributed by atoms with Crippen molar-refractivity contribution in [1.82, 2.24) is 10.5 Å². The Kier molecular flexibility index (Phi) is 3.82. The molecule has 3 heterocycles. The molecule has 0 aliphatic heterocycles. The number of nitrogens with one attached hydrogen (secondary N) is 1. The predicted octanol–water partition coefficient (Wildman–Crippen LogP) is 2.63. The Morgan fingerprint density at radius 1 is 1.45 bits per heavy atom. The van der Waals surface area contributed by atoms with E-state index in [9.17, 15) is 9.90 Å². The van der Waals surface area contributed by atoms with Crippen molar-refractivity contribution in [2.45, 2.75) is 12.5 Å². The fraction of sp³-hybridized carbons (Fsp3) is 0.200. The van der Waals surface area contributed by atoms with Gasteiger partial charge in [0.25, 0.3) is 5.91 Å². The number of carbonyl (C=O) groups is 1. The summed E-state index contributed by atoms with van der Waals surface area (Å²) in [5.74, 6) is 0.452. The smallest absolute Gasteiger partial charge is 0.273 e. The van der Waals surface area contributed by atoms with E-state index in [1.165, 1.54) is 23.7 Å². The van der Waals surface area contributed by atoms with Crippen LogP contribution in [0.15, 0.2) is 50.2 Å². The summed E-state index contributed by atoms with van der Waals surface area (Å²) in [5.41, 5.74) is -0.245. The second-order valence-corrected chi connectivity index (χ2v) is 5.80. The van der Waals surface area contributed by atoms with Crippen molar-refractivity contribution < 1.29 is 18.8 Å². The number of furan rings is 1. The van der Waals surface area contributed by atoms with Gasteiger partial charge in [0.2, 0.25) is 5.76 Å². The van der Waals surface area contributed by atoms with Crippen LogP contribution < -0.4 is 5.32 Å². The summed E-state index contributed by atoms with van der Waals surface area (Å²) in [6.45, 7) is 1.72. The quantitative estimate of drug-likeness (QED) is 0.755. The van der Waals surface area contributed by atoms with Crippen LogP contribution >= 0.6 is 11.3 Å². The molecule has 0 aliphatic carbocycles. The molecule has 3 rings (SSSR count). The van der Waals surface area contributed by atoms with Crippen LogP contribution in [0.3, 0.4) is 0 Å². The highest BCUT2D eigenvalue weighted by atomic mass is 32.1. The average Bonchev–Trinajstić information content (AvgIpc) is 3.26. The molecule has 1 atom stereocenters. The minimum Gasteiger partial charge on any atom is -0.461 e. The van der Waals surface area contributed by atoms with Crippen LogP contribution in [-0.4, -0.2) is 22.7 Å². The number of amides is 1. The van der Waals surface area contributed by atoms with E-state index in [2.05, 4.69) is 10.5 Å². The van der Waals surface area contributed by atoms with Crippen LogP contribution in [0.5, 0.6) is 0 Å². The third kappa shape index (κ3) is 2.95. The topological polar surface area (TPSA) is 88.5 Å². The molecule has 3 aromatic heterocycles. The van der Waals surface area contributed by atoms with Crippen LogP contribution in [0.4, 0.5) is 0 Å². The molecular formula is C15H14N2O4S. The standard InChI is InChI=1S/C15H14N2O4S/c1-15(19,10-4-6-22-8-10)9-16-14(18)11-7-13(21-17-11)12-3-2-5-20-12/h2-8,19H,9H2,1H3,(H,16,18). The Labute approximate surface area is 130 Å². The lowest BCUT2D eigenvalue weighted by molar-refractivity contribution is 0.0527. The second kappa shape index (κ2) is 5.78. The highest BCUT2D eigenvalue weighted by Crippen LogP contribution is 2.23. The molecule has 0 saturated heterocycles. The van der Waals surface area contributed by atoms with Gasteiger partial charge in [-0.15, -0.1) is 0 Å². The molecule has 0 aromatic carbocycles. The molecule has 1 amide bonds. The number of hydrogen-bond acceptors (Lipinski definition) is 6. The van der Waals surface area contributed by atoms with Crippen molar-refractivity contribution in [3.63, 3.8) is 0 Å². The predicted molar refractivity (Wildman–Crippen MR) is 80.4 cm³/mol. The Morgan fingerprint density at radius 3 is 3.00 bits per heavy atom. The lowest BCUT2D eigenvalue weighted by atomic mass is 9.99. The number of carbonyl (C=O) groups excluding carboxylic acids is 1. The van der Waals surface area contributed by atoms with E-state index in [4.69, 9.17) is 8.94 Å². The summed E-state index contributed by atoms with van der Waals surface area (Å²) in [6.07, 6.45) is 1.51. The lowest BCUT2D eigenvalue weighted by Gasteiger charge is -2.22. The minimum absolute atomic E-state index is 0.0749. The number of hydrogen-bond donors (Lipinski definition) is 2. The zero-order valence-corrected chi connectivity index (χ0v) is 12.6. The van der Waals surface area contributed by atoms with Gasteiger partial charge in [-0.2, -0.15) is 11.3 Å². The monoisotopic (exact) mass is 318 g/mol. The molecule has 0 bridgehead atoms. The van der Waals surface area contributed by atoms with Gasteiger partial charge in [0.1, 0.15) is 5.60 Å². The highest BCUT2D eigenvalue weighted by Gasteiger charge is 2.25. The van der Waals surface area contributed by atoms with Crippen molar-refractivity contribution >= 4 is 17.2 Å². The first-order valence-electron chi connectivity index (χ1n) is 6.60. The van der Waals surface area contributed by atoms with Crippen LogP contribution in [0.25, 0.3) is 11.5 Å². The van der Waals surface area contributed by atoms with Crippen molar-refractivity contribution in [3.05, 3.63) is 52.5 Å². The SMILES string of the molecule is CC(O)(CNC(=O)c1cc(-c2ccco2)on1)c1ccsc1. The number of aromatic nitrogens is 1. The molecule has 3 aromatic rings. The first-order chi connectivity index (χ1) is 10.6. The molecule has 2 N–H and O–H groups in total. The molecule has 0 saturated carbocycles. The summed E-state index contributed by atoms with van der Waals surface area (Å²) < 4.78 is 10.2. The molecule has 7 heteroatoms. The van der Waals surface area contributed by atoms with Gasteiger partial charge in [-0.3, -0.25) is 4.79 Å². The summed E-state index contributed by atoms with van der Waals surface area (Å²) in [6, 6.07) is 6.74. The molecule has 6 nitrogen and oxygen atoms in total. The maximum absolute atomic E-state index is 12.1. The Hall–Kier alpha value is -2.38. The van der Waals surface area contributed by atoms with Crippen LogP contribution in [0, 0.1) is 0 Å². The lowest BCUT2D eigenvalue weighted by Crippen LogP contribution is -2.38. The zero-order chi connectivity index (χ0) is 15.6. The van der Waals surface area contributed by atoms with Gasteiger partial charge >= 0.3 is 0 Å².